The Morgan fingerprint density at radius 1 is 1.53 bits per heavy atom. The third-order valence-electron chi connectivity index (χ3n) is 2.28. The molecule has 0 aromatic carbocycles. The van der Waals surface area contributed by atoms with Crippen LogP contribution in [0.25, 0.3) is 0 Å². The Bertz CT molecular complexity index is 411. The molecule has 94 valence electrons. The van der Waals surface area contributed by atoms with E-state index in [0.717, 1.165) is 0 Å². The summed E-state index contributed by atoms with van der Waals surface area (Å²) in [7, 11) is 1.27. The van der Waals surface area contributed by atoms with Crippen molar-refractivity contribution < 1.29 is 18.7 Å². The maximum Gasteiger partial charge on any atom is 0.360 e. The fourth-order valence-corrected chi connectivity index (χ4v) is 1.39. The van der Waals surface area contributed by atoms with Crippen LogP contribution < -0.4 is 0 Å². The van der Waals surface area contributed by atoms with Crippen LogP contribution in [0.5, 0.6) is 0 Å². The second kappa shape index (κ2) is 5.47. The standard InChI is InChI=1S/C11H16N2O4/c1-7(2)13(8(3)14)5-10-12-9(6-17-10)11(15)16-4/h6-7H,5H2,1-4H3. The Morgan fingerprint density at radius 3 is 2.65 bits per heavy atom. The van der Waals surface area contributed by atoms with Crippen LogP contribution in [0.2, 0.25) is 0 Å². The first-order valence-electron chi connectivity index (χ1n) is 5.25. The van der Waals surface area contributed by atoms with E-state index >= 15 is 0 Å². The Morgan fingerprint density at radius 2 is 2.18 bits per heavy atom. The summed E-state index contributed by atoms with van der Waals surface area (Å²) in [6.07, 6.45) is 1.22. The molecule has 0 aliphatic heterocycles. The van der Waals surface area contributed by atoms with Crippen LogP contribution in [-0.2, 0) is 16.1 Å². The quantitative estimate of drug-likeness (QED) is 0.740. The maximum atomic E-state index is 11.4. The predicted octanol–water partition coefficient (Wildman–Crippen LogP) is 1.22. The van der Waals surface area contributed by atoms with Gasteiger partial charge in [-0.15, -0.1) is 0 Å². The van der Waals surface area contributed by atoms with Gasteiger partial charge in [0.2, 0.25) is 11.8 Å². The Kier molecular flexibility index (Phi) is 4.25. The SMILES string of the molecule is COC(=O)c1coc(CN(C(C)=O)C(C)C)n1. The molecule has 0 atom stereocenters. The molecule has 0 N–H and O–H groups in total. The summed E-state index contributed by atoms with van der Waals surface area (Å²) in [4.78, 5) is 28.0. The Labute approximate surface area is 99.6 Å². The molecule has 0 bridgehead atoms. The Hall–Kier alpha value is -1.85. The molecule has 0 aliphatic rings. The van der Waals surface area contributed by atoms with E-state index in [1.54, 1.807) is 4.90 Å². The highest BCUT2D eigenvalue weighted by atomic mass is 16.5. The summed E-state index contributed by atoms with van der Waals surface area (Å²) in [6.45, 7) is 5.51. The fourth-order valence-electron chi connectivity index (χ4n) is 1.39. The summed E-state index contributed by atoms with van der Waals surface area (Å²) in [5.74, 6) is -0.314. The van der Waals surface area contributed by atoms with E-state index < -0.39 is 5.97 Å². The zero-order valence-electron chi connectivity index (χ0n) is 10.4. The highest BCUT2D eigenvalue weighted by molar-refractivity contribution is 5.86. The van der Waals surface area contributed by atoms with Crippen LogP contribution >= 0.6 is 0 Å². The monoisotopic (exact) mass is 240 g/mol. The lowest BCUT2D eigenvalue weighted by molar-refractivity contribution is -0.131. The molecule has 1 rings (SSSR count). The molecule has 0 unspecified atom stereocenters. The minimum atomic E-state index is -0.557. The third-order valence-corrected chi connectivity index (χ3v) is 2.28. The molecule has 1 aromatic heterocycles. The molecule has 6 heteroatoms. The largest absolute Gasteiger partial charge is 0.464 e. The number of oxazole rings is 1. The number of hydrogen-bond acceptors (Lipinski definition) is 5. The molecule has 1 amide bonds. The number of ether oxygens (including phenoxy) is 1. The Balaban J connectivity index is 2.77. The first-order chi connectivity index (χ1) is 7.95. The number of amides is 1. The number of hydrogen-bond donors (Lipinski definition) is 0. The van der Waals surface area contributed by atoms with Crippen molar-refractivity contribution in [2.24, 2.45) is 0 Å². The lowest BCUT2D eigenvalue weighted by atomic mass is 10.3. The fraction of sp³-hybridized carbons (Fsp3) is 0.545. The second-order valence-corrected chi connectivity index (χ2v) is 3.86. The van der Waals surface area contributed by atoms with Crippen molar-refractivity contribution in [3.05, 3.63) is 17.8 Å². The van der Waals surface area contributed by atoms with Gasteiger partial charge >= 0.3 is 5.97 Å². The first kappa shape index (κ1) is 13.2. The number of rotatable bonds is 4. The van der Waals surface area contributed by atoms with E-state index in [2.05, 4.69) is 9.72 Å². The van der Waals surface area contributed by atoms with Crippen LogP contribution in [0.4, 0.5) is 0 Å². The van der Waals surface area contributed by atoms with E-state index in [1.807, 2.05) is 13.8 Å². The van der Waals surface area contributed by atoms with Crippen molar-refractivity contribution in [2.45, 2.75) is 33.4 Å². The number of carbonyl (C=O) groups excluding carboxylic acids is 2. The highest BCUT2D eigenvalue weighted by Gasteiger charge is 2.18. The predicted molar refractivity (Wildman–Crippen MR) is 59.2 cm³/mol. The molecule has 17 heavy (non-hydrogen) atoms. The molecule has 0 spiro atoms. The number of esters is 1. The van der Waals surface area contributed by atoms with Crippen molar-refractivity contribution in [2.75, 3.05) is 7.11 Å². The molecule has 0 aliphatic carbocycles. The zero-order chi connectivity index (χ0) is 13.0. The minimum absolute atomic E-state index is 0.0426. The summed E-state index contributed by atoms with van der Waals surface area (Å²) in [6, 6.07) is 0.0426. The summed E-state index contributed by atoms with van der Waals surface area (Å²) in [5, 5.41) is 0. The summed E-state index contributed by atoms with van der Waals surface area (Å²) >= 11 is 0. The lowest BCUT2D eigenvalue weighted by Crippen LogP contribution is -2.34. The van der Waals surface area contributed by atoms with E-state index in [1.165, 1.54) is 20.3 Å². The van der Waals surface area contributed by atoms with Crippen molar-refractivity contribution in [1.29, 1.82) is 0 Å². The van der Waals surface area contributed by atoms with Gasteiger partial charge in [-0.1, -0.05) is 0 Å². The second-order valence-electron chi connectivity index (χ2n) is 3.86. The van der Waals surface area contributed by atoms with Crippen molar-refractivity contribution in [1.82, 2.24) is 9.88 Å². The van der Waals surface area contributed by atoms with Crippen LogP contribution in [0, 0.1) is 0 Å². The van der Waals surface area contributed by atoms with Crippen LogP contribution in [0.3, 0.4) is 0 Å². The average Bonchev–Trinajstić information content (AvgIpc) is 2.72. The number of carbonyl (C=O) groups is 2. The van der Waals surface area contributed by atoms with E-state index in [0.29, 0.717) is 5.89 Å². The molecule has 1 heterocycles. The van der Waals surface area contributed by atoms with E-state index in [-0.39, 0.29) is 24.2 Å². The molecule has 0 saturated carbocycles. The minimum Gasteiger partial charge on any atom is -0.464 e. The van der Waals surface area contributed by atoms with Gasteiger partial charge in [0.25, 0.3) is 0 Å². The normalized spacial score (nSPS) is 10.4. The van der Waals surface area contributed by atoms with Gasteiger partial charge in [-0.25, -0.2) is 9.78 Å². The average molecular weight is 240 g/mol. The van der Waals surface area contributed by atoms with Crippen LogP contribution in [-0.4, -0.2) is 34.9 Å². The van der Waals surface area contributed by atoms with Crippen LogP contribution in [0.1, 0.15) is 37.2 Å². The van der Waals surface area contributed by atoms with Gasteiger partial charge in [0.05, 0.1) is 13.7 Å². The lowest BCUT2D eigenvalue weighted by Gasteiger charge is -2.23. The first-order valence-corrected chi connectivity index (χ1v) is 5.25. The maximum absolute atomic E-state index is 11.4. The van der Waals surface area contributed by atoms with Crippen molar-refractivity contribution >= 4 is 11.9 Å². The molecular weight excluding hydrogens is 224 g/mol. The van der Waals surface area contributed by atoms with Gasteiger partial charge in [0.1, 0.15) is 6.26 Å². The molecule has 6 nitrogen and oxygen atoms in total. The number of nitrogens with zero attached hydrogens (tertiary/aromatic N) is 2. The van der Waals surface area contributed by atoms with Gasteiger partial charge in [-0.05, 0) is 13.8 Å². The zero-order valence-corrected chi connectivity index (χ0v) is 10.4. The van der Waals surface area contributed by atoms with Crippen molar-refractivity contribution in [3.63, 3.8) is 0 Å². The van der Waals surface area contributed by atoms with Gasteiger partial charge < -0.3 is 14.1 Å². The van der Waals surface area contributed by atoms with E-state index in [4.69, 9.17) is 4.42 Å². The third kappa shape index (κ3) is 3.30. The molecule has 1 aromatic rings. The number of methoxy groups -OCH3 is 1. The summed E-state index contributed by atoms with van der Waals surface area (Å²) in [5.41, 5.74) is 0.106. The number of aromatic nitrogens is 1. The molecule has 0 radical (unpaired) electrons. The molecule has 0 saturated heterocycles. The molecule has 0 fully saturated rings. The van der Waals surface area contributed by atoms with Gasteiger partial charge in [0.15, 0.2) is 5.69 Å². The topological polar surface area (TPSA) is 72.6 Å². The van der Waals surface area contributed by atoms with Crippen molar-refractivity contribution in [3.8, 4) is 0 Å². The summed E-state index contributed by atoms with van der Waals surface area (Å²) < 4.78 is 9.62. The van der Waals surface area contributed by atoms with Gasteiger partial charge in [0, 0.05) is 13.0 Å². The van der Waals surface area contributed by atoms with E-state index in [9.17, 15) is 9.59 Å². The van der Waals surface area contributed by atoms with Crippen LogP contribution in [0.15, 0.2) is 10.7 Å². The smallest absolute Gasteiger partial charge is 0.360 e. The molecular formula is C11H16N2O4. The van der Waals surface area contributed by atoms with Gasteiger partial charge in [-0.2, -0.15) is 0 Å². The highest BCUT2D eigenvalue weighted by Crippen LogP contribution is 2.09. The van der Waals surface area contributed by atoms with Gasteiger partial charge in [-0.3, -0.25) is 4.79 Å².